The smallest absolute Gasteiger partial charge is 0.255 e. The summed E-state index contributed by atoms with van der Waals surface area (Å²) in [5, 5.41) is 20.1. The maximum atomic E-state index is 14.0. The van der Waals surface area contributed by atoms with Gasteiger partial charge in [-0.15, -0.1) is 0 Å². The number of fused-ring (bicyclic) bond motifs is 1. The summed E-state index contributed by atoms with van der Waals surface area (Å²) >= 11 is 6.42. The topological polar surface area (TPSA) is 134 Å². The number of hydrogen-bond acceptors (Lipinski definition) is 8. The number of aliphatic hydroxyl groups is 1. The molecule has 0 fully saturated rings. The fraction of sp³-hybridized carbons (Fsp3) is 0.250. The van der Waals surface area contributed by atoms with Gasteiger partial charge in [0.2, 0.25) is 11.9 Å². The van der Waals surface area contributed by atoms with Crippen molar-refractivity contribution in [1.29, 1.82) is 0 Å². The van der Waals surface area contributed by atoms with Crippen molar-refractivity contribution in [3.05, 3.63) is 82.4 Å². The highest BCUT2D eigenvalue weighted by Crippen LogP contribution is 2.33. The van der Waals surface area contributed by atoms with Crippen molar-refractivity contribution < 1.29 is 23.8 Å². The molecule has 0 saturated heterocycles. The average molecular weight is 580 g/mol. The quantitative estimate of drug-likeness (QED) is 0.274. The van der Waals surface area contributed by atoms with Crippen LogP contribution in [0, 0.1) is 5.82 Å². The zero-order valence-electron chi connectivity index (χ0n) is 22.4. The first kappa shape index (κ1) is 28.0. The van der Waals surface area contributed by atoms with Gasteiger partial charge in [-0.25, -0.2) is 14.4 Å². The fourth-order valence-corrected chi connectivity index (χ4v) is 4.80. The minimum Gasteiger partial charge on any atom is -0.497 e. The first-order valence-electron chi connectivity index (χ1n) is 12.7. The number of aryl methyl sites for hydroxylation is 1. The Hall–Kier alpha value is -4.55. The van der Waals surface area contributed by atoms with Crippen molar-refractivity contribution in [2.45, 2.75) is 25.6 Å². The summed E-state index contributed by atoms with van der Waals surface area (Å²) < 4.78 is 20.7. The number of rotatable bonds is 9. The van der Waals surface area contributed by atoms with Crippen molar-refractivity contribution in [3.8, 4) is 17.0 Å². The molecule has 41 heavy (non-hydrogen) atoms. The van der Waals surface area contributed by atoms with Gasteiger partial charge in [0.15, 0.2) is 0 Å². The third kappa shape index (κ3) is 5.70. The lowest BCUT2D eigenvalue weighted by Gasteiger charge is -2.26. The predicted octanol–water partition coefficient (Wildman–Crippen LogP) is 3.62. The van der Waals surface area contributed by atoms with Gasteiger partial charge in [-0.05, 0) is 36.2 Å². The molecule has 3 N–H and O–H groups in total. The molecule has 2 atom stereocenters. The maximum absolute atomic E-state index is 14.0. The first-order valence-corrected chi connectivity index (χ1v) is 13.0. The van der Waals surface area contributed by atoms with Crippen molar-refractivity contribution in [2.24, 2.45) is 7.05 Å². The third-order valence-electron chi connectivity index (χ3n) is 6.90. The molecule has 2 aromatic heterocycles. The molecule has 3 heterocycles. The summed E-state index contributed by atoms with van der Waals surface area (Å²) in [5.41, 5.74) is 2.54. The fourth-order valence-electron chi connectivity index (χ4n) is 4.60. The molecule has 5 rings (SSSR count). The van der Waals surface area contributed by atoms with Crippen LogP contribution in [-0.4, -0.2) is 61.3 Å². The van der Waals surface area contributed by atoms with Crippen molar-refractivity contribution in [3.63, 3.8) is 0 Å². The number of aliphatic hydroxyl groups excluding tert-OH is 1. The van der Waals surface area contributed by atoms with Crippen LogP contribution < -0.4 is 15.4 Å². The average Bonchev–Trinajstić information content (AvgIpc) is 3.53. The number of carbonyl (C=O) groups excluding carboxylic acids is 2. The summed E-state index contributed by atoms with van der Waals surface area (Å²) in [5.74, 6) is -0.157. The van der Waals surface area contributed by atoms with Crippen LogP contribution in [0.2, 0.25) is 5.02 Å². The van der Waals surface area contributed by atoms with Gasteiger partial charge in [0.1, 0.15) is 23.4 Å². The van der Waals surface area contributed by atoms with Crippen LogP contribution in [0.4, 0.5) is 16.2 Å². The van der Waals surface area contributed by atoms with Gasteiger partial charge in [-0.2, -0.15) is 5.10 Å². The summed E-state index contributed by atoms with van der Waals surface area (Å²) in [6, 6.07) is 9.25. The Morgan fingerprint density at radius 2 is 2.05 bits per heavy atom. The molecule has 0 saturated carbocycles. The Morgan fingerprint density at radius 3 is 2.76 bits per heavy atom. The number of anilines is 2. The number of benzene rings is 2. The molecular formula is C28H27ClFN7O4. The van der Waals surface area contributed by atoms with E-state index in [0.717, 1.165) is 5.56 Å². The number of hydrogen-bond donors (Lipinski definition) is 3. The van der Waals surface area contributed by atoms with Gasteiger partial charge >= 0.3 is 0 Å². The van der Waals surface area contributed by atoms with E-state index in [1.165, 1.54) is 36.4 Å². The molecule has 212 valence electrons. The van der Waals surface area contributed by atoms with E-state index in [-0.39, 0.29) is 18.2 Å². The number of amides is 2. The summed E-state index contributed by atoms with van der Waals surface area (Å²) in [7, 11) is 3.17. The molecule has 13 heteroatoms. The van der Waals surface area contributed by atoms with E-state index in [4.69, 9.17) is 16.3 Å². The Kier molecular flexibility index (Phi) is 7.86. The van der Waals surface area contributed by atoms with Gasteiger partial charge < -0.3 is 25.4 Å². The third-order valence-corrected chi connectivity index (χ3v) is 7.17. The molecule has 11 nitrogen and oxygen atoms in total. The molecule has 0 unspecified atom stereocenters. The molecule has 0 radical (unpaired) electrons. The van der Waals surface area contributed by atoms with Crippen LogP contribution >= 0.6 is 11.6 Å². The monoisotopic (exact) mass is 579 g/mol. The number of aromatic nitrogens is 4. The van der Waals surface area contributed by atoms with E-state index in [1.807, 2.05) is 6.07 Å². The lowest BCUT2D eigenvalue weighted by Crippen LogP contribution is -2.46. The molecule has 0 bridgehead atoms. The number of halogens is 2. The number of nitrogens with zero attached hydrogens (tertiary/aromatic N) is 5. The van der Waals surface area contributed by atoms with E-state index >= 15 is 0 Å². The molecule has 0 spiro atoms. The lowest BCUT2D eigenvalue weighted by molar-refractivity contribution is -0.126. The number of carbonyl (C=O) groups is 2. The van der Waals surface area contributed by atoms with Crippen LogP contribution in [-0.2, 0) is 18.4 Å². The Balaban J connectivity index is 1.33. The molecule has 4 aromatic rings. The van der Waals surface area contributed by atoms with Crippen LogP contribution in [0.25, 0.3) is 11.3 Å². The van der Waals surface area contributed by atoms with E-state index in [2.05, 4.69) is 25.7 Å². The SMILES string of the molecule is COc1cc(F)cc([C@@H](CO)NC(=O)[C@@H](C)N2Cc3ccc(-c4nc(Nc5ccnn5C)ncc4Cl)cc3C2=O)c1. The Morgan fingerprint density at radius 1 is 1.24 bits per heavy atom. The molecule has 2 amide bonds. The number of methoxy groups -OCH3 is 1. The zero-order valence-corrected chi connectivity index (χ0v) is 23.2. The summed E-state index contributed by atoms with van der Waals surface area (Å²) in [6.07, 6.45) is 3.11. The second-order valence-corrected chi connectivity index (χ2v) is 9.91. The van der Waals surface area contributed by atoms with E-state index < -0.39 is 30.4 Å². The summed E-state index contributed by atoms with van der Waals surface area (Å²) in [4.78, 5) is 36.8. The van der Waals surface area contributed by atoms with Crippen molar-refractivity contribution >= 4 is 35.2 Å². The largest absolute Gasteiger partial charge is 0.497 e. The van der Waals surface area contributed by atoms with Gasteiger partial charge in [0.25, 0.3) is 5.91 Å². The first-order chi connectivity index (χ1) is 19.7. The molecular weight excluding hydrogens is 553 g/mol. The molecule has 1 aliphatic heterocycles. The van der Waals surface area contributed by atoms with Crippen LogP contribution in [0.1, 0.15) is 34.5 Å². The normalized spacial score (nSPS) is 14.0. The maximum Gasteiger partial charge on any atom is 0.255 e. The van der Waals surface area contributed by atoms with E-state index in [1.54, 1.807) is 43.0 Å². The van der Waals surface area contributed by atoms with E-state index in [9.17, 15) is 19.1 Å². The number of ether oxygens (including phenoxy) is 1. The second-order valence-electron chi connectivity index (χ2n) is 9.50. The van der Waals surface area contributed by atoms with Gasteiger partial charge in [-0.1, -0.05) is 23.7 Å². The van der Waals surface area contributed by atoms with Crippen LogP contribution in [0.15, 0.2) is 54.9 Å². The van der Waals surface area contributed by atoms with Gasteiger partial charge in [0.05, 0.1) is 42.9 Å². The van der Waals surface area contributed by atoms with Crippen molar-refractivity contribution in [2.75, 3.05) is 19.0 Å². The lowest BCUT2D eigenvalue weighted by atomic mass is 10.0. The molecule has 0 aliphatic carbocycles. The minimum atomic E-state index is -0.893. The van der Waals surface area contributed by atoms with E-state index in [0.29, 0.717) is 39.2 Å². The highest BCUT2D eigenvalue weighted by Gasteiger charge is 2.35. The van der Waals surface area contributed by atoms with Crippen LogP contribution in [0.3, 0.4) is 0 Å². The Bertz CT molecular complexity index is 1630. The molecule has 2 aromatic carbocycles. The minimum absolute atomic E-state index is 0.214. The number of nitrogens with one attached hydrogen (secondary N) is 2. The predicted molar refractivity (Wildman–Crippen MR) is 149 cm³/mol. The van der Waals surface area contributed by atoms with Gasteiger partial charge in [-0.3, -0.25) is 14.3 Å². The zero-order chi connectivity index (χ0) is 29.3. The highest BCUT2D eigenvalue weighted by atomic mass is 35.5. The standard InChI is InChI=1S/C28H27ClFN7O4/c1-15(26(39)33-23(14-38)18-8-19(30)11-20(9-18)41-3)37-13-17-5-4-16(10-21(17)27(37)40)25-22(29)12-31-28(35-25)34-24-6-7-32-36(24)2/h4-12,15,23,38H,13-14H2,1-3H3,(H,33,39)(H,31,34,35)/t15-,23-/m1/s1. The summed E-state index contributed by atoms with van der Waals surface area (Å²) in [6.45, 7) is 1.34. The van der Waals surface area contributed by atoms with Crippen LogP contribution in [0.5, 0.6) is 5.75 Å². The highest BCUT2D eigenvalue weighted by molar-refractivity contribution is 6.33. The van der Waals surface area contributed by atoms with Gasteiger partial charge in [0, 0.05) is 36.9 Å². The Labute approximate surface area is 239 Å². The molecule has 1 aliphatic rings. The van der Waals surface area contributed by atoms with Crippen molar-refractivity contribution in [1.82, 2.24) is 30.0 Å². The second kappa shape index (κ2) is 11.5.